The number of rotatable bonds is 26. The van der Waals surface area contributed by atoms with E-state index in [1.807, 2.05) is 0 Å². The molecule has 42 heavy (non-hydrogen) atoms. The van der Waals surface area contributed by atoms with E-state index in [2.05, 4.69) is 79.2 Å². The molecule has 0 bridgehead atoms. The number of hydrogen-bond acceptors (Lipinski definition) is 0. The van der Waals surface area contributed by atoms with Crippen LogP contribution in [0.5, 0.6) is 0 Å². The molecule has 0 atom stereocenters. The van der Waals surface area contributed by atoms with Crippen molar-refractivity contribution in [1.29, 1.82) is 0 Å². The van der Waals surface area contributed by atoms with Crippen molar-refractivity contribution >= 4 is 17.2 Å². The molecule has 0 aliphatic rings. The Hall–Kier alpha value is 0.380. The van der Waals surface area contributed by atoms with Gasteiger partial charge in [0.1, 0.15) is 6.54 Å². The van der Waals surface area contributed by atoms with Crippen molar-refractivity contribution in [3.05, 3.63) is 35.9 Å². The van der Waals surface area contributed by atoms with Crippen molar-refractivity contribution in [1.82, 2.24) is 0 Å². The van der Waals surface area contributed by atoms with E-state index < -0.39 is 5.96 Å². The molecule has 0 heterocycles. The van der Waals surface area contributed by atoms with Gasteiger partial charge in [-0.15, -0.1) is 0 Å². The molecule has 0 aliphatic carbocycles. The first-order chi connectivity index (χ1) is 19.6. The molecular weight excluding hydrogens is 617 g/mol. The van der Waals surface area contributed by atoms with Crippen LogP contribution in [0.1, 0.15) is 162 Å². The molecular formula is C38H76BrClNP. The maximum Gasteiger partial charge on any atom is 0.104 e. The van der Waals surface area contributed by atoms with Crippen LogP contribution in [0.25, 0.3) is 0 Å². The Kier molecular flexibility index (Phi) is 29.3. The van der Waals surface area contributed by atoms with Crippen molar-refractivity contribution < 1.29 is 21.5 Å². The van der Waals surface area contributed by atoms with Gasteiger partial charge in [0.25, 0.3) is 0 Å². The average Bonchev–Trinajstić information content (AvgIpc) is 2.95. The molecule has 1 aromatic rings. The quantitative estimate of drug-likeness (QED) is 0.0515. The predicted molar refractivity (Wildman–Crippen MR) is 195 cm³/mol. The molecule has 0 fully saturated rings. The smallest absolute Gasteiger partial charge is 0.104 e. The van der Waals surface area contributed by atoms with E-state index >= 15 is 0 Å². The van der Waals surface area contributed by atoms with Crippen molar-refractivity contribution in [2.75, 3.05) is 45.8 Å². The van der Waals surface area contributed by atoms with Gasteiger partial charge in [-0.1, -0.05) is 56.5 Å². The van der Waals surface area contributed by atoms with Gasteiger partial charge < -0.3 is 21.5 Å². The second kappa shape index (κ2) is 27.7. The topological polar surface area (TPSA) is 0 Å². The van der Waals surface area contributed by atoms with Gasteiger partial charge in [-0.25, -0.2) is 0 Å². The minimum absolute atomic E-state index is 0. The third-order valence-electron chi connectivity index (χ3n) is 8.78. The fourth-order valence-corrected chi connectivity index (χ4v) is 13.3. The fraction of sp³-hybridized carbons (Fsp3) is 0.842. The monoisotopic (exact) mass is 691 g/mol. The number of benzene rings is 1. The molecule has 4 heteroatoms. The molecule has 0 unspecified atom stereocenters. The molecule has 0 aliphatic heterocycles. The SMILES string of the molecule is CCCCCCCCCCCCCCCCP(Cl)(CCCC)(CCCC)CCCC.C[N+](C)(C)Cc1ccccc1.[Br-]. The van der Waals surface area contributed by atoms with Gasteiger partial charge >= 0.3 is 172 Å². The van der Waals surface area contributed by atoms with Crippen LogP contribution in [-0.4, -0.2) is 50.3 Å². The van der Waals surface area contributed by atoms with Crippen LogP contribution >= 0.6 is 17.2 Å². The summed E-state index contributed by atoms with van der Waals surface area (Å²) in [7, 11) is 6.60. The van der Waals surface area contributed by atoms with Crippen LogP contribution in [-0.2, 0) is 6.54 Å². The molecule has 0 aromatic heterocycles. The fourth-order valence-electron chi connectivity index (χ4n) is 6.16. The van der Waals surface area contributed by atoms with Gasteiger partial charge in [0.15, 0.2) is 0 Å². The van der Waals surface area contributed by atoms with Crippen LogP contribution < -0.4 is 17.0 Å². The van der Waals surface area contributed by atoms with Gasteiger partial charge in [0.05, 0.1) is 21.1 Å². The zero-order valence-electron chi connectivity index (χ0n) is 29.7. The summed E-state index contributed by atoms with van der Waals surface area (Å²) in [5.74, 6) is -1.98. The molecule has 252 valence electrons. The number of halogens is 2. The molecule has 1 aromatic carbocycles. The summed E-state index contributed by atoms with van der Waals surface area (Å²) in [6.07, 6.45) is 33.7. The van der Waals surface area contributed by atoms with E-state index in [1.165, 1.54) is 159 Å². The van der Waals surface area contributed by atoms with E-state index in [0.29, 0.717) is 0 Å². The molecule has 1 nitrogen and oxygen atoms in total. The zero-order chi connectivity index (χ0) is 30.7. The van der Waals surface area contributed by atoms with Crippen LogP contribution in [0.3, 0.4) is 0 Å². The summed E-state index contributed by atoms with van der Waals surface area (Å²) in [6, 6.07) is 10.6. The number of nitrogens with zero attached hydrogens (tertiary/aromatic N) is 1. The van der Waals surface area contributed by atoms with Crippen LogP contribution in [0.15, 0.2) is 30.3 Å². The number of unbranched alkanes of at least 4 members (excludes halogenated alkanes) is 16. The molecule has 0 spiro atoms. The molecule has 0 saturated heterocycles. The Bertz CT molecular complexity index is 666. The Morgan fingerprint density at radius 3 is 1.12 bits per heavy atom. The predicted octanol–water partition coefficient (Wildman–Crippen LogP) is 10.5. The minimum atomic E-state index is -1.98. The second-order valence-electron chi connectivity index (χ2n) is 14.3. The molecule has 0 amide bonds. The van der Waals surface area contributed by atoms with Crippen LogP contribution in [0.2, 0.25) is 0 Å². The third kappa shape index (κ3) is 25.7. The zero-order valence-corrected chi connectivity index (χ0v) is 33.0. The van der Waals surface area contributed by atoms with E-state index in [4.69, 9.17) is 11.2 Å². The number of quaternary nitrogens is 1. The maximum absolute atomic E-state index is 7.72. The van der Waals surface area contributed by atoms with E-state index in [0.717, 1.165) is 11.0 Å². The van der Waals surface area contributed by atoms with Gasteiger partial charge in [-0.3, -0.25) is 0 Å². The standard InChI is InChI=1S/C28H60ClP.C10H16N.BrH/c1-5-9-13-14-15-16-17-18-19-20-21-22-23-24-28-30(29,25-10-6-2,26-11-7-3)27-12-8-4;1-11(2,3)9-10-7-5-4-6-8-10;/h5-28H2,1-4H3;4-8H,9H2,1-3H3;1H/q;+1;/p-1. The Labute approximate surface area is 281 Å². The summed E-state index contributed by atoms with van der Waals surface area (Å²) >= 11 is 7.72. The maximum atomic E-state index is 7.72. The largest absolute Gasteiger partial charge is 1.00 e. The van der Waals surface area contributed by atoms with Crippen LogP contribution in [0, 0.1) is 0 Å². The first kappa shape index (κ1) is 44.5. The molecule has 0 saturated carbocycles. The van der Waals surface area contributed by atoms with Gasteiger partial charge in [0, 0.05) is 5.56 Å². The van der Waals surface area contributed by atoms with Crippen molar-refractivity contribution in [2.45, 2.75) is 163 Å². The first-order valence-electron chi connectivity index (χ1n) is 18.2. The van der Waals surface area contributed by atoms with Gasteiger partial charge in [-0.2, -0.15) is 0 Å². The summed E-state index contributed by atoms with van der Waals surface area (Å²) in [5.41, 5.74) is 1.40. The van der Waals surface area contributed by atoms with Crippen molar-refractivity contribution in [2.24, 2.45) is 0 Å². The third-order valence-corrected chi connectivity index (χ3v) is 16.5. The van der Waals surface area contributed by atoms with E-state index in [1.54, 1.807) is 0 Å². The Morgan fingerprint density at radius 1 is 0.476 bits per heavy atom. The normalized spacial score (nSPS) is 12.6. The Balaban J connectivity index is 0. The minimum Gasteiger partial charge on any atom is -1.00 e. The average molecular weight is 693 g/mol. The molecule has 1 rings (SSSR count). The van der Waals surface area contributed by atoms with Crippen molar-refractivity contribution in [3.8, 4) is 0 Å². The van der Waals surface area contributed by atoms with E-state index in [-0.39, 0.29) is 17.0 Å². The van der Waals surface area contributed by atoms with Gasteiger partial charge in [0.2, 0.25) is 0 Å². The van der Waals surface area contributed by atoms with E-state index in [9.17, 15) is 0 Å². The second-order valence-corrected chi connectivity index (χ2v) is 22.6. The summed E-state index contributed by atoms with van der Waals surface area (Å²) < 4.78 is 0.990. The number of hydrogen-bond donors (Lipinski definition) is 0. The van der Waals surface area contributed by atoms with Crippen LogP contribution in [0.4, 0.5) is 0 Å². The van der Waals surface area contributed by atoms with Crippen molar-refractivity contribution in [3.63, 3.8) is 0 Å². The molecule has 0 N–H and O–H groups in total. The van der Waals surface area contributed by atoms with Gasteiger partial charge in [-0.05, 0) is 0 Å². The summed E-state index contributed by atoms with van der Waals surface area (Å²) in [6.45, 7) is 10.4. The first-order valence-corrected chi connectivity index (χ1v) is 22.1. The molecule has 0 radical (unpaired) electrons. The summed E-state index contributed by atoms with van der Waals surface area (Å²) in [4.78, 5) is 0. The summed E-state index contributed by atoms with van der Waals surface area (Å²) in [5, 5.41) is 0. The Morgan fingerprint density at radius 2 is 0.786 bits per heavy atom.